The number of aromatic nitrogens is 1. The van der Waals surface area contributed by atoms with Gasteiger partial charge in [0.2, 0.25) is 5.88 Å². The topological polar surface area (TPSA) is 98.7 Å². The summed E-state index contributed by atoms with van der Waals surface area (Å²) in [6, 6.07) is 7.69. The molecule has 7 heteroatoms. The van der Waals surface area contributed by atoms with E-state index in [2.05, 4.69) is 5.16 Å². The number of rotatable bonds is 3. The van der Waals surface area contributed by atoms with Crippen molar-refractivity contribution in [3.05, 3.63) is 41.1 Å². The van der Waals surface area contributed by atoms with Crippen LogP contribution >= 0.6 is 0 Å². The standard InChI is InChI=1S/C16H17N3O4/c1-9-13(14(17)23-18-9)16(21)22-10(2)15(20)19-8-7-11-5-3-4-6-12(11)19/h3-6,10H,7-8,17H2,1-2H3/t10-/m0/s1. The van der Waals surface area contributed by atoms with E-state index < -0.39 is 12.1 Å². The number of nitrogens with zero attached hydrogens (tertiary/aromatic N) is 2. The molecular formula is C16H17N3O4. The largest absolute Gasteiger partial charge is 0.449 e. The van der Waals surface area contributed by atoms with Crippen LogP contribution in [0.1, 0.15) is 28.5 Å². The van der Waals surface area contributed by atoms with Crippen LogP contribution in [-0.2, 0) is 16.0 Å². The molecular weight excluding hydrogens is 298 g/mol. The van der Waals surface area contributed by atoms with Crippen LogP contribution in [0.2, 0.25) is 0 Å². The summed E-state index contributed by atoms with van der Waals surface area (Å²) in [5.41, 5.74) is 7.92. The molecule has 0 radical (unpaired) electrons. The molecule has 2 aromatic rings. The molecule has 1 aromatic carbocycles. The molecule has 0 bridgehead atoms. The molecule has 0 aliphatic carbocycles. The van der Waals surface area contributed by atoms with Crippen molar-refractivity contribution in [2.75, 3.05) is 17.2 Å². The molecule has 1 amide bonds. The number of ether oxygens (including phenoxy) is 1. The van der Waals surface area contributed by atoms with Crippen molar-refractivity contribution >= 4 is 23.4 Å². The molecule has 0 fully saturated rings. The normalized spacial score (nSPS) is 14.4. The molecule has 1 atom stereocenters. The minimum atomic E-state index is -0.928. The Morgan fingerprint density at radius 1 is 1.39 bits per heavy atom. The predicted molar refractivity (Wildman–Crippen MR) is 83.0 cm³/mol. The molecule has 2 heterocycles. The first-order valence-corrected chi connectivity index (χ1v) is 7.31. The fourth-order valence-corrected chi connectivity index (χ4v) is 2.69. The Kier molecular flexibility index (Phi) is 3.77. The number of benzene rings is 1. The van der Waals surface area contributed by atoms with E-state index in [0.29, 0.717) is 12.2 Å². The highest BCUT2D eigenvalue weighted by Gasteiger charge is 2.31. The van der Waals surface area contributed by atoms with Gasteiger partial charge >= 0.3 is 5.97 Å². The highest BCUT2D eigenvalue weighted by molar-refractivity contribution is 6.01. The zero-order valence-corrected chi connectivity index (χ0v) is 12.9. The fraction of sp³-hybridized carbons (Fsp3) is 0.312. The van der Waals surface area contributed by atoms with E-state index in [9.17, 15) is 9.59 Å². The van der Waals surface area contributed by atoms with Gasteiger partial charge in [0.25, 0.3) is 5.91 Å². The lowest BCUT2D eigenvalue weighted by Crippen LogP contribution is -2.39. The van der Waals surface area contributed by atoms with Crippen LogP contribution in [0.25, 0.3) is 0 Å². The maximum atomic E-state index is 12.6. The van der Waals surface area contributed by atoms with Gasteiger partial charge in [-0.2, -0.15) is 0 Å². The minimum Gasteiger partial charge on any atom is -0.449 e. The quantitative estimate of drug-likeness (QED) is 0.866. The van der Waals surface area contributed by atoms with Crippen LogP contribution in [0.3, 0.4) is 0 Å². The first kappa shape index (κ1) is 15.1. The summed E-state index contributed by atoms with van der Waals surface area (Å²) in [7, 11) is 0. The number of hydrogen-bond acceptors (Lipinski definition) is 6. The second kappa shape index (κ2) is 5.75. The summed E-state index contributed by atoms with van der Waals surface area (Å²) < 4.78 is 9.97. The number of aryl methyl sites for hydroxylation is 1. The molecule has 7 nitrogen and oxygen atoms in total. The van der Waals surface area contributed by atoms with Crippen LogP contribution in [0.4, 0.5) is 11.6 Å². The van der Waals surface area contributed by atoms with Crippen molar-refractivity contribution in [2.24, 2.45) is 0 Å². The Balaban J connectivity index is 1.73. The van der Waals surface area contributed by atoms with Crippen molar-refractivity contribution in [3.8, 4) is 0 Å². The fourth-order valence-electron chi connectivity index (χ4n) is 2.69. The SMILES string of the molecule is Cc1noc(N)c1C(=O)O[C@@H](C)C(=O)N1CCc2ccccc21. The van der Waals surface area contributed by atoms with Crippen molar-refractivity contribution < 1.29 is 18.8 Å². The zero-order chi connectivity index (χ0) is 16.6. The number of esters is 1. The Labute approximate surface area is 133 Å². The first-order chi connectivity index (χ1) is 11.0. The van der Waals surface area contributed by atoms with E-state index >= 15 is 0 Å². The Bertz CT molecular complexity index is 749. The summed E-state index contributed by atoms with van der Waals surface area (Å²) >= 11 is 0. The average Bonchev–Trinajstić information content (AvgIpc) is 3.10. The lowest BCUT2D eigenvalue weighted by molar-refractivity contribution is -0.126. The summed E-state index contributed by atoms with van der Waals surface area (Å²) in [4.78, 5) is 26.3. The van der Waals surface area contributed by atoms with E-state index in [1.165, 1.54) is 0 Å². The van der Waals surface area contributed by atoms with Crippen molar-refractivity contribution in [1.82, 2.24) is 5.16 Å². The van der Waals surface area contributed by atoms with Crippen LogP contribution in [0, 0.1) is 6.92 Å². The van der Waals surface area contributed by atoms with Crippen LogP contribution in [-0.4, -0.2) is 29.7 Å². The van der Waals surface area contributed by atoms with Crippen LogP contribution in [0.15, 0.2) is 28.8 Å². The lowest BCUT2D eigenvalue weighted by Gasteiger charge is -2.21. The molecule has 1 aliphatic heterocycles. The number of carbonyl (C=O) groups is 2. The number of nitrogens with two attached hydrogens (primary N) is 1. The van der Waals surface area contributed by atoms with E-state index in [0.717, 1.165) is 17.7 Å². The Morgan fingerprint density at radius 2 is 2.13 bits per heavy atom. The van der Waals surface area contributed by atoms with E-state index in [4.69, 9.17) is 15.0 Å². The van der Waals surface area contributed by atoms with Gasteiger partial charge in [-0.05, 0) is 31.9 Å². The summed E-state index contributed by atoms with van der Waals surface area (Å²) in [6.07, 6.45) is -0.136. The van der Waals surface area contributed by atoms with Crippen molar-refractivity contribution in [2.45, 2.75) is 26.4 Å². The van der Waals surface area contributed by atoms with E-state index in [-0.39, 0.29) is 17.4 Å². The van der Waals surface area contributed by atoms with Crippen LogP contribution in [0.5, 0.6) is 0 Å². The molecule has 0 unspecified atom stereocenters. The monoisotopic (exact) mass is 315 g/mol. The van der Waals surface area contributed by atoms with Gasteiger partial charge in [0.15, 0.2) is 6.10 Å². The van der Waals surface area contributed by atoms with Gasteiger partial charge in [0.05, 0.1) is 5.69 Å². The number of para-hydroxylation sites is 1. The third-order valence-electron chi connectivity index (χ3n) is 3.88. The zero-order valence-electron chi connectivity index (χ0n) is 12.9. The van der Waals surface area contributed by atoms with Gasteiger partial charge in [0, 0.05) is 12.2 Å². The highest BCUT2D eigenvalue weighted by Crippen LogP contribution is 2.28. The summed E-state index contributed by atoms with van der Waals surface area (Å²) in [5, 5.41) is 3.60. The average molecular weight is 315 g/mol. The molecule has 0 saturated heterocycles. The predicted octanol–water partition coefficient (Wildman–Crippen LogP) is 1.70. The number of fused-ring (bicyclic) bond motifs is 1. The van der Waals surface area contributed by atoms with Gasteiger partial charge in [-0.15, -0.1) is 0 Å². The summed E-state index contributed by atoms with van der Waals surface area (Å²) in [5.74, 6) is -1.09. The number of nitrogen functional groups attached to an aromatic ring is 1. The molecule has 0 spiro atoms. The Hall–Kier alpha value is -2.83. The molecule has 120 valence electrons. The van der Waals surface area contributed by atoms with Crippen molar-refractivity contribution in [3.63, 3.8) is 0 Å². The molecule has 1 aromatic heterocycles. The maximum Gasteiger partial charge on any atom is 0.346 e. The molecule has 23 heavy (non-hydrogen) atoms. The van der Waals surface area contributed by atoms with Gasteiger partial charge < -0.3 is 19.9 Å². The van der Waals surface area contributed by atoms with Crippen LogP contribution < -0.4 is 10.6 Å². The molecule has 2 N–H and O–H groups in total. The number of hydrogen-bond donors (Lipinski definition) is 1. The van der Waals surface area contributed by atoms with Crippen molar-refractivity contribution in [1.29, 1.82) is 0 Å². The third-order valence-corrected chi connectivity index (χ3v) is 3.88. The molecule has 1 aliphatic rings. The number of carbonyl (C=O) groups excluding carboxylic acids is 2. The van der Waals surface area contributed by atoms with Gasteiger partial charge in [-0.25, -0.2) is 4.79 Å². The van der Waals surface area contributed by atoms with E-state index in [1.54, 1.807) is 18.7 Å². The maximum absolute atomic E-state index is 12.6. The number of anilines is 2. The third kappa shape index (κ3) is 2.65. The lowest BCUT2D eigenvalue weighted by atomic mass is 10.2. The Morgan fingerprint density at radius 3 is 2.83 bits per heavy atom. The van der Waals surface area contributed by atoms with E-state index in [1.807, 2.05) is 24.3 Å². The van der Waals surface area contributed by atoms with Gasteiger partial charge in [0.1, 0.15) is 5.56 Å². The highest BCUT2D eigenvalue weighted by atomic mass is 16.6. The number of amides is 1. The van der Waals surface area contributed by atoms with Gasteiger partial charge in [-0.1, -0.05) is 23.4 Å². The molecule has 3 rings (SSSR count). The van der Waals surface area contributed by atoms with Gasteiger partial charge in [-0.3, -0.25) is 4.79 Å². The molecule has 0 saturated carbocycles. The minimum absolute atomic E-state index is 0.0615. The second-order valence-electron chi connectivity index (χ2n) is 5.42. The first-order valence-electron chi connectivity index (χ1n) is 7.31. The summed E-state index contributed by atoms with van der Waals surface area (Å²) in [6.45, 7) is 3.70. The smallest absolute Gasteiger partial charge is 0.346 e. The second-order valence-corrected chi connectivity index (χ2v) is 5.42.